The summed E-state index contributed by atoms with van der Waals surface area (Å²) in [6, 6.07) is 13.2. The second kappa shape index (κ2) is 10.0. The number of furan rings is 1. The standard InChI is InChI=1S/C27H19F3N4O5/c1-2-38-26(37)20-14-19-22(31-21-10-3-4-11-33(21)25(19)36)34(15-18-9-6-12-39-18)23(20)32-24(35)16-7-5-8-17(13-16)27(28,29)30/h3-14H,2,15H2,1H3. The maximum Gasteiger partial charge on any atom is 0.416 e. The number of fused-ring (bicyclic) bond motifs is 2. The Morgan fingerprint density at radius 2 is 1.90 bits per heavy atom. The van der Waals surface area contributed by atoms with Gasteiger partial charge in [0, 0.05) is 11.8 Å². The van der Waals surface area contributed by atoms with E-state index < -0.39 is 29.2 Å². The minimum absolute atomic E-state index is 0.0228. The highest BCUT2D eigenvalue weighted by Crippen LogP contribution is 2.29. The fourth-order valence-electron chi connectivity index (χ4n) is 4.05. The highest BCUT2D eigenvalue weighted by Gasteiger charge is 2.31. The van der Waals surface area contributed by atoms with E-state index in [2.05, 4.69) is 9.98 Å². The predicted octanol–water partition coefficient (Wildman–Crippen LogP) is 4.23. The molecule has 0 saturated carbocycles. The maximum atomic E-state index is 13.4. The van der Waals surface area contributed by atoms with Crippen LogP contribution >= 0.6 is 0 Å². The molecule has 39 heavy (non-hydrogen) atoms. The smallest absolute Gasteiger partial charge is 0.416 e. The molecule has 1 amide bonds. The average Bonchev–Trinajstić information content (AvgIpc) is 3.43. The lowest BCUT2D eigenvalue weighted by atomic mass is 10.1. The Morgan fingerprint density at radius 3 is 2.62 bits per heavy atom. The van der Waals surface area contributed by atoms with E-state index in [0.717, 1.165) is 12.1 Å². The molecule has 4 heterocycles. The van der Waals surface area contributed by atoms with Crippen molar-refractivity contribution in [1.82, 2.24) is 14.0 Å². The van der Waals surface area contributed by atoms with Crippen molar-refractivity contribution in [3.05, 3.63) is 111 Å². The van der Waals surface area contributed by atoms with Crippen LogP contribution in [0.15, 0.2) is 87.3 Å². The van der Waals surface area contributed by atoms with Gasteiger partial charge in [-0.3, -0.25) is 14.0 Å². The molecule has 0 unspecified atom stereocenters. The summed E-state index contributed by atoms with van der Waals surface area (Å²) in [5.74, 6) is -1.56. The van der Waals surface area contributed by atoms with Crippen LogP contribution in [0.2, 0.25) is 0 Å². The van der Waals surface area contributed by atoms with Crippen molar-refractivity contribution in [3.63, 3.8) is 0 Å². The van der Waals surface area contributed by atoms with Crippen LogP contribution in [0.1, 0.15) is 39.0 Å². The lowest BCUT2D eigenvalue weighted by Gasteiger charge is -2.14. The van der Waals surface area contributed by atoms with Gasteiger partial charge in [-0.05, 0) is 55.5 Å². The largest absolute Gasteiger partial charge is 0.467 e. The zero-order valence-corrected chi connectivity index (χ0v) is 20.3. The quantitative estimate of drug-likeness (QED) is 0.246. The number of carbonyl (C=O) groups is 2. The lowest BCUT2D eigenvalue weighted by molar-refractivity contribution is -0.137. The maximum absolute atomic E-state index is 13.4. The Kier molecular flexibility index (Phi) is 6.60. The molecule has 0 N–H and O–H groups in total. The Bertz CT molecular complexity index is 1850. The van der Waals surface area contributed by atoms with Crippen molar-refractivity contribution < 1.29 is 31.9 Å². The molecule has 0 spiro atoms. The molecule has 0 aliphatic heterocycles. The first kappa shape index (κ1) is 25.6. The third-order valence-electron chi connectivity index (χ3n) is 5.82. The van der Waals surface area contributed by atoms with E-state index in [9.17, 15) is 27.6 Å². The normalized spacial score (nSPS) is 12.3. The van der Waals surface area contributed by atoms with E-state index in [0.29, 0.717) is 11.8 Å². The number of esters is 1. The predicted molar refractivity (Wildman–Crippen MR) is 132 cm³/mol. The molecule has 0 radical (unpaired) electrons. The summed E-state index contributed by atoms with van der Waals surface area (Å²) in [5.41, 5.74) is -2.02. The molecule has 9 nitrogen and oxygen atoms in total. The van der Waals surface area contributed by atoms with Crippen molar-refractivity contribution in [2.45, 2.75) is 19.6 Å². The van der Waals surface area contributed by atoms with Gasteiger partial charge in [0.15, 0.2) is 5.49 Å². The molecule has 0 aliphatic carbocycles. The van der Waals surface area contributed by atoms with Gasteiger partial charge in [0.05, 0.1) is 30.4 Å². The van der Waals surface area contributed by atoms with Crippen LogP contribution in [-0.4, -0.2) is 32.4 Å². The molecule has 0 atom stereocenters. The number of rotatable bonds is 5. The molecular formula is C27H19F3N4O5. The first-order chi connectivity index (χ1) is 18.7. The number of hydrogen-bond donors (Lipinski definition) is 0. The molecule has 0 fully saturated rings. The topological polar surface area (TPSA) is 108 Å². The van der Waals surface area contributed by atoms with E-state index >= 15 is 0 Å². The molecule has 5 aromatic rings. The number of pyridine rings is 2. The van der Waals surface area contributed by atoms with Crippen molar-refractivity contribution >= 4 is 28.6 Å². The van der Waals surface area contributed by atoms with E-state index in [-0.39, 0.29) is 46.4 Å². The minimum Gasteiger partial charge on any atom is -0.467 e. The molecule has 0 bridgehead atoms. The second-order valence-corrected chi connectivity index (χ2v) is 8.35. The van der Waals surface area contributed by atoms with Crippen molar-refractivity contribution in [1.29, 1.82) is 0 Å². The summed E-state index contributed by atoms with van der Waals surface area (Å²) in [6.07, 6.45) is -1.75. The van der Waals surface area contributed by atoms with Gasteiger partial charge in [-0.15, -0.1) is 0 Å². The van der Waals surface area contributed by atoms with Crippen molar-refractivity contribution in [2.24, 2.45) is 4.99 Å². The fraction of sp³-hybridized carbons (Fsp3) is 0.148. The number of carbonyl (C=O) groups excluding carboxylic acids is 2. The van der Waals surface area contributed by atoms with E-state index in [1.807, 2.05) is 0 Å². The van der Waals surface area contributed by atoms with E-state index in [4.69, 9.17) is 9.15 Å². The third-order valence-corrected chi connectivity index (χ3v) is 5.82. The zero-order valence-electron chi connectivity index (χ0n) is 20.3. The number of aromatic nitrogens is 3. The summed E-state index contributed by atoms with van der Waals surface area (Å²) in [6.45, 7) is 1.44. The summed E-state index contributed by atoms with van der Waals surface area (Å²) in [5, 5.41) is 0.0266. The van der Waals surface area contributed by atoms with Gasteiger partial charge >= 0.3 is 12.1 Å². The van der Waals surface area contributed by atoms with Gasteiger partial charge in [-0.25, -0.2) is 9.78 Å². The fourth-order valence-corrected chi connectivity index (χ4v) is 4.05. The highest BCUT2D eigenvalue weighted by atomic mass is 19.4. The van der Waals surface area contributed by atoms with Gasteiger partial charge < -0.3 is 13.7 Å². The van der Waals surface area contributed by atoms with E-state index in [1.165, 1.54) is 33.6 Å². The van der Waals surface area contributed by atoms with Gasteiger partial charge in [0.25, 0.3) is 11.5 Å². The number of nitrogens with zero attached hydrogens (tertiary/aromatic N) is 4. The number of benzene rings is 1. The summed E-state index contributed by atoms with van der Waals surface area (Å²) < 4.78 is 53.0. The van der Waals surface area contributed by atoms with E-state index in [1.54, 1.807) is 37.3 Å². The Labute approximate surface area is 217 Å². The van der Waals surface area contributed by atoms with Crippen LogP contribution in [0.4, 0.5) is 13.2 Å². The van der Waals surface area contributed by atoms with Gasteiger partial charge in [-0.1, -0.05) is 12.1 Å². The van der Waals surface area contributed by atoms with Crippen molar-refractivity contribution in [2.75, 3.05) is 6.61 Å². The van der Waals surface area contributed by atoms with Crippen LogP contribution in [-0.2, 0) is 17.5 Å². The van der Waals surface area contributed by atoms with Crippen LogP contribution in [0.25, 0.3) is 16.7 Å². The van der Waals surface area contributed by atoms with Gasteiger partial charge in [0.1, 0.15) is 22.6 Å². The molecule has 1 aromatic carbocycles. The van der Waals surface area contributed by atoms with Crippen molar-refractivity contribution in [3.8, 4) is 0 Å². The number of ether oxygens (including phenoxy) is 1. The van der Waals surface area contributed by atoms with Crippen LogP contribution in [0.5, 0.6) is 0 Å². The molecule has 198 valence electrons. The molecule has 12 heteroatoms. The molecule has 5 rings (SSSR count). The van der Waals surface area contributed by atoms with Crippen LogP contribution < -0.4 is 11.0 Å². The van der Waals surface area contributed by atoms with Crippen LogP contribution in [0, 0.1) is 0 Å². The Balaban J connectivity index is 1.86. The molecule has 0 saturated heterocycles. The Hall–Kier alpha value is -5.00. The van der Waals surface area contributed by atoms with Gasteiger partial charge in [0.2, 0.25) is 0 Å². The first-order valence-electron chi connectivity index (χ1n) is 11.7. The zero-order chi connectivity index (χ0) is 27.7. The van der Waals surface area contributed by atoms with Crippen LogP contribution in [0.3, 0.4) is 0 Å². The second-order valence-electron chi connectivity index (χ2n) is 8.35. The lowest BCUT2D eigenvalue weighted by Crippen LogP contribution is -2.33. The Morgan fingerprint density at radius 1 is 1.08 bits per heavy atom. The SMILES string of the molecule is CCOC(=O)c1cc2c(=O)n3ccccc3nc2n(Cc2ccco2)c1=NC(=O)c1cccc(C(F)(F)F)c1. The average molecular weight is 536 g/mol. The number of amides is 1. The number of alkyl halides is 3. The minimum atomic E-state index is -4.68. The number of hydrogen-bond acceptors (Lipinski definition) is 6. The summed E-state index contributed by atoms with van der Waals surface area (Å²) >= 11 is 0. The third kappa shape index (κ3) is 4.96. The highest BCUT2D eigenvalue weighted by molar-refractivity contribution is 5.97. The summed E-state index contributed by atoms with van der Waals surface area (Å²) in [4.78, 5) is 48.2. The number of halogens is 3. The summed E-state index contributed by atoms with van der Waals surface area (Å²) in [7, 11) is 0. The molecule has 4 aromatic heterocycles. The van der Waals surface area contributed by atoms with Gasteiger partial charge in [-0.2, -0.15) is 18.2 Å². The molecule has 0 aliphatic rings. The first-order valence-corrected chi connectivity index (χ1v) is 11.7. The molecular weight excluding hydrogens is 517 g/mol. The monoisotopic (exact) mass is 536 g/mol.